The number of hydrogen-bond donors (Lipinski definition) is 0. The van der Waals surface area contributed by atoms with Crippen LogP contribution in [0.3, 0.4) is 0 Å². The second-order valence-electron chi connectivity index (χ2n) is 12.8. The summed E-state index contributed by atoms with van der Waals surface area (Å²) in [7, 11) is 0. The Hall–Kier alpha value is -6.10. The summed E-state index contributed by atoms with van der Waals surface area (Å²) in [6.07, 6.45) is 0. The average molecular weight is 656 g/mol. The zero-order valence-electron chi connectivity index (χ0n) is 27.0. The Labute approximate surface area is 295 Å². The van der Waals surface area contributed by atoms with E-state index < -0.39 is 0 Å². The van der Waals surface area contributed by atoms with Crippen molar-refractivity contribution in [3.8, 4) is 56.4 Å². The van der Waals surface area contributed by atoms with E-state index in [9.17, 15) is 0 Å². The van der Waals surface area contributed by atoms with Crippen molar-refractivity contribution in [1.82, 2.24) is 15.0 Å². The molecule has 1 spiro atoms. The molecule has 1 aliphatic heterocycles. The highest BCUT2D eigenvalue weighted by Crippen LogP contribution is 2.62. The van der Waals surface area contributed by atoms with Gasteiger partial charge in [-0.05, 0) is 63.7 Å². The molecule has 0 unspecified atom stereocenters. The van der Waals surface area contributed by atoms with Crippen molar-refractivity contribution in [2.45, 2.75) is 15.2 Å². The van der Waals surface area contributed by atoms with Crippen LogP contribution >= 0.6 is 11.8 Å². The smallest absolute Gasteiger partial charge is 0.160 e. The number of rotatable bonds is 4. The van der Waals surface area contributed by atoms with Crippen LogP contribution in [-0.2, 0) is 5.41 Å². The molecule has 3 heterocycles. The maximum absolute atomic E-state index is 5.24. The molecule has 0 saturated carbocycles. The van der Waals surface area contributed by atoms with Gasteiger partial charge < -0.3 is 0 Å². The van der Waals surface area contributed by atoms with E-state index >= 15 is 0 Å². The lowest BCUT2D eigenvalue weighted by Gasteiger charge is -2.39. The van der Waals surface area contributed by atoms with Crippen LogP contribution in [0.15, 0.2) is 186 Å². The zero-order valence-corrected chi connectivity index (χ0v) is 27.8. The molecule has 3 nitrogen and oxygen atoms in total. The molecule has 10 rings (SSSR count). The molecular formula is C46H29N3S. The van der Waals surface area contributed by atoms with Crippen LogP contribution < -0.4 is 0 Å². The van der Waals surface area contributed by atoms with E-state index in [0.717, 1.165) is 39.5 Å². The van der Waals surface area contributed by atoms with Gasteiger partial charge in [-0.2, -0.15) is 0 Å². The first-order valence-corrected chi connectivity index (χ1v) is 17.7. The van der Waals surface area contributed by atoms with Crippen LogP contribution in [-0.4, -0.2) is 15.0 Å². The molecule has 0 saturated heterocycles. The Morgan fingerprint density at radius 2 is 0.920 bits per heavy atom. The lowest BCUT2D eigenvalue weighted by molar-refractivity contribution is 0.722. The summed E-state index contributed by atoms with van der Waals surface area (Å²) >= 11 is 1.85. The molecule has 0 atom stereocenters. The van der Waals surface area contributed by atoms with Gasteiger partial charge in [0.05, 0.1) is 28.2 Å². The summed E-state index contributed by atoms with van der Waals surface area (Å²) in [5.41, 5.74) is 14.0. The number of hydrogen-bond acceptors (Lipinski definition) is 4. The van der Waals surface area contributed by atoms with Crippen molar-refractivity contribution in [3.63, 3.8) is 0 Å². The van der Waals surface area contributed by atoms with Crippen LogP contribution in [0.2, 0.25) is 0 Å². The second-order valence-corrected chi connectivity index (χ2v) is 13.8. The molecule has 2 aliphatic rings. The second kappa shape index (κ2) is 11.5. The molecule has 2 aromatic heterocycles. The third-order valence-corrected chi connectivity index (χ3v) is 11.1. The molecule has 0 fully saturated rings. The van der Waals surface area contributed by atoms with Gasteiger partial charge in [-0.1, -0.05) is 157 Å². The maximum Gasteiger partial charge on any atom is 0.160 e. The van der Waals surface area contributed by atoms with E-state index in [1.54, 1.807) is 0 Å². The highest BCUT2D eigenvalue weighted by molar-refractivity contribution is 7.99. The molecule has 234 valence electrons. The first-order valence-electron chi connectivity index (χ1n) is 16.9. The van der Waals surface area contributed by atoms with Gasteiger partial charge in [0.2, 0.25) is 0 Å². The predicted octanol–water partition coefficient (Wildman–Crippen LogP) is 11.4. The molecule has 0 radical (unpaired) electrons. The van der Waals surface area contributed by atoms with E-state index in [-0.39, 0.29) is 5.41 Å². The maximum atomic E-state index is 5.24. The van der Waals surface area contributed by atoms with Gasteiger partial charge in [0.15, 0.2) is 5.82 Å². The summed E-state index contributed by atoms with van der Waals surface area (Å²) in [6, 6.07) is 62.4. The summed E-state index contributed by atoms with van der Waals surface area (Å²) < 4.78 is 0. The first kappa shape index (κ1) is 28.9. The number of pyridine rings is 1. The molecular weight excluding hydrogens is 627 g/mol. The Balaban J connectivity index is 1.12. The minimum Gasteiger partial charge on any atom is -0.246 e. The van der Waals surface area contributed by atoms with E-state index in [0.29, 0.717) is 5.82 Å². The average Bonchev–Trinajstić information content (AvgIpc) is 3.49. The van der Waals surface area contributed by atoms with Crippen LogP contribution in [0, 0.1) is 0 Å². The standard InChI is InChI=1S/C46H29N3S/c1-3-14-30(15-4-1)41-29-42(49-45(48-41)31-16-5-2-6-17-31)40-24-13-23-39(47-40)32-26-27-38-44(28-32)50-43-25-12-11-22-37(43)46(38)35-20-9-7-18-33(35)34-19-8-10-21-36(34)46/h1-29H. The predicted molar refractivity (Wildman–Crippen MR) is 203 cm³/mol. The largest absolute Gasteiger partial charge is 0.246 e. The lowest BCUT2D eigenvalue weighted by atomic mass is 9.67. The molecule has 6 aromatic carbocycles. The summed E-state index contributed by atoms with van der Waals surface area (Å²) in [5.74, 6) is 0.681. The Kier molecular flexibility index (Phi) is 6.64. The summed E-state index contributed by atoms with van der Waals surface area (Å²) in [4.78, 5) is 17.8. The zero-order chi connectivity index (χ0) is 33.1. The summed E-state index contributed by atoms with van der Waals surface area (Å²) in [6.45, 7) is 0. The molecule has 50 heavy (non-hydrogen) atoms. The normalized spacial score (nSPS) is 13.3. The molecule has 1 aliphatic carbocycles. The minimum atomic E-state index is -0.388. The number of nitrogens with zero attached hydrogens (tertiary/aromatic N) is 3. The highest BCUT2D eigenvalue weighted by atomic mass is 32.2. The Morgan fingerprint density at radius 3 is 1.66 bits per heavy atom. The molecule has 4 heteroatoms. The van der Waals surface area contributed by atoms with Crippen LogP contribution in [0.25, 0.3) is 56.4 Å². The number of aromatic nitrogens is 3. The molecule has 0 amide bonds. The van der Waals surface area contributed by atoms with Gasteiger partial charge in [-0.3, -0.25) is 0 Å². The van der Waals surface area contributed by atoms with Crippen molar-refractivity contribution < 1.29 is 0 Å². The van der Waals surface area contributed by atoms with Crippen LogP contribution in [0.1, 0.15) is 22.3 Å². The van der Waals surface area contributed by atoms with Crippen molar-refractivity contribution >= 4 is 11.8 Å². The minimum absolute atomic E-state index is 0.388. The molecule has 0 bridgehead atoms. The van der Waals surface area contributed by atoms with Crippen LogP contribution in [0.5, 0.6) is 0 Å². The molecule has 8 aromatic rings. The van der Waals surface area contributed by atoms with Crippen LogP contribution in [0.4, 0.5) is 0 Å². The fourth-order valence-electron chi connectivity index (χ4n) is 7.81. The monoisotopic (exact) mass is 655 g/mol. The fraction of sp³-hybridized carbons (Fsp3) is 0.0217. The molecule has 0 N–H and O–H groups in total. The highest BCUT2D eigenvalue weighted by Gasteiger charge is 2.50. The van der Waals surface area contributed by atoms with Gasteiger partial charge >= 0.3 is 0 Å². The Bertz CT molecular complexity index is 2480. The van der Waals surface area contributed by atoms with Gasteiger partial charge in [0.1, 0.15) is 0 Å². The SMILES string of the molecule is c1ccc(-c2cc(-c3cccc(-c4ccc5c(c4)Sc4ccccc4C54c5ccccc5-c5ccccc54)n3)nc(-c3ccccc3)n2)cc1. The quantitative estimate of drug-likeness (QED) is 0.189. The lowest BCUT2D eigenvalue weighted by Crippen LogP contribution is -2.31. The van der Waals surface area contributed by atoms with E-state index in [2.05, 4.69) is 127 Å². The number of benzene rings is 6. The third-order valence-electron chi connectivity index (χ3n) is 9.98. The van der Waals surface area contributed by atoms with E-state index in [1.165, 1.54) is 43.2 Å². The summed E-state index contributed by atoms with van der Waals surface area (Å²) in [5, 5.41) is 0. The van der Waals surface area contributed by atoms with Crippen molar-refractivity contribution in [1.29, 1.82) is 0 Å². The van der Waals surface area contributed by atoms with Crippen molar-refractivity contribution in [2.24, 2.45) is 0 Å². The Morgan fingerprint density at radius 1 is 0.340 bits per heavy atom. The van der Waals surface area contributed by atoms with Gasteiger partial charge in [0, 0.05) is 26.5 Å². The van der Waals surface area contributed by atoms with E-state index in [1.807, 2.05) is 60.3 Å². The van der Waals surface area contributed by atoms with Gasteiger partial charge in [0.25, 0.3) is 0 Å². The fourth-order valence-corrected chi connectivity index (χ4v) is 9.04. The topological polar surface area (TPSA) is 38.7 Å². The van der Waals surface area contributed by atoms with Crippen molar-refractivity contribution in [2.75, 3.05) is 0 Å². The van der Waals surface area contributed by atoms with E-state index in [4.69, 9.17) is 15.0 Å². The van der Waals surface area contributed by atoms with Crippen molar-refractivity contribution in [3.05, 3.63) is 198 Å². The third kappa shape index (κ3) is 4.42. The van der Waals surface area contributed by atoms with Gasteiger partial charge in [-0.15, -0.1) is 0 Å². The number of fused-ring (bicyclic) bond motifs is 9. The van der Waals surface area contributed by atoms with Gasteiger partial charge in [-0.25, -0.2) is 15.0 Å². The first-order chi connectivity index (χ1) is 24.8.